The molecule has 0 aromatic heterocycles. The second-order valence-corrected chi connectivity index (χ2v) is 6.03. The van der Waals surface area contributed by atoms with E-state index in [1.165, 1.54) is 51.4 Å². The van der Waals surface area contributed by atoms with E-state index in [2.05, 4.69) is 11.9 Å². The van der Waals surface area contributed by atoms with Gasteiger partial charge < -0.3 is 9.84 Å². The Hall–Kier alpha value is -0.570. The molecule has 0 saturated heterocycles. The van der Waals surface area contributed by atoms with Crippen molar-refractivity contribution in [2.24, 2.45) is 4.99 Å². The number of hydrogen-bond acceptors (Lipinski definition) is 3. The third-order valence-electron chi connectivity index (χ3n) is 3.78. The van der Waals surface area contributed by atoms with Crippen molar-refractivity contribution >= 4 is 5.90 Å². The first kappa shape index (κ1) is 16.5. The summed E-state index contributed by atoms with van der Waals surface area (Å²) in [7, 11) is 0. The summed E-state index contributed by atoms with van der Waals surface area (Å²) in [5, 5.41) is 9.19. The molecule has 0 unspecified atom stereocenters. The first-order valence-electron chi connectivity index (χ1n) is 8.02. The zero-order valence-electron chi connectivity index (χ0n) is 12.8. The van der Waals surface area contributed by atoms with Gasteiger partial charge in [-0.2, -0.15) is 0 Å². The Bertz CT molecular complexity index is 265. The highest BCUT2D eigenvalue weighted by Gasteiger charge is 2.30. The molecule has 1 rings (SSSR count). The molecule has 1 aliphatic heterocycles. The topological polar surface area (TPSA) is 41.8 Å². The zero-order valence-corrected chi connectivity index (χ0v) is 12.8. The number of aliphatic hydroxyl groups is 1. The van der Waals surface area contributed by atoms with Crippen LogP contribution in [0, 0.1) is 0 Å². The van der Waals surface area contributed by atoms with Crippen LogP contribution in [0.25, 0.3) is 0 Å². The van der Waals surface area contributed by atoms with Crippen LogP contribution in [0.5, 0.6) is 0 Å². The molecule has 19 heavy (non-hydrogen) atoms. The van der Waals surface area contributed by atoms with E-state index >= 15 is 0 Å². The molecule has 1 aliphatic rings. The summed E-state index contributed by atoms with van der Waals surface area (Å²) in [6, 6.07) is 0. The highest BCUT2D eigenvalue weighted by Crippen LogP contribution is 2.20. The Balaban J connectivity index is 1.93. The van der Waals surface area contributed by atoms with Crippen molar-refractivity contribution in [1.82, 2.24) is 0 Å². The monoisotopic (exact) mass is 269 g/mol. The summed E-state index contributed by atoms with van der Waals surface area (Å²) in [6.45, 7) is 4.82. The highest BCUT2D eigenvalue weighted by atomic mass is 16.5. The molecule has 0 saturated carbocycles. The van der Waals surface area contributed by atoms with Gasteiger partial charge in [-0.25, -0.2) is 4.99 Å². The molecule has 0 spiro atoms. The minimum absolute atomic E-state index is 0.0776. The summed E-state index contributed by atoms with van der Waals surface area (Å²) in [5.74, 6) is 0.847. The first-order valence-corrected chi connectivity index (χ1v) is 8.02. The summed E-state index contributed by atoms with van der Waals surface area (Å²) >= 11 is 0. The van der Waals surface area contributed by atoms with Crippen LogP contribution < -0.4 is 0 Å². The number of hydrogen-bond donors (Lipinski definition) is 1. The maximum Gasteiger partial charge on any atom is 0.184 e. The lowest BCUT2D eigenvalue weighted by atomic mass is 10.1. The van der Waals surface area contributed by atoms with E-state index in [1.54, 1.807) is 0 Å². The SMILES string of the molecule is CCCCCCCCCCCC1=N[C@](C)(CO)CO1. The lowest BCUT2D eigenvalue weighted by molar-refractivity contribution is 0.169. The van der Waals surface area contributed by atoms with Gasteiger partial charge in [0.2, 0.25) is 0 Å². The first-order chi connectivity index (χ1) is 9.20. The Morgan fingerprint density at radius 2 is 1.63 bits per heavy atom. The van der Waals surface area contributed by atoms with Gasteiger partial charge in [-0.1, -0.05) is 58.3 Å². The van der Waals surface area contributed by atoms with E-state index in [0.717, 1.165) is 18.7 Å². The lowest BCUT2D eigenvalue weighted by Crippen LogP contribution is -2.28. The van der Waals surface area contributed by atoms with Gasteiger partial charge in [-0.3, -0.25) is 0 Å². The minimum atomic E-state index is -0.380. The molecule has 0 aliphatic carbocycles. The maximum absolute atomic E-state index is 9.19. The molecule has 0 radical (unpaired) electrons. The van der Waals surface area contributed by atoms with Gasteiger partial charge in [0.25, 0.3) is 0 Å². The molecule has 1 heterocycles. The zero-order chi connectivity index (χ0) is 14.0. The van der Waals surface area contributed by atoms with Crippen molar-refractivity contribution in [3.05, 3.63) is 0 Å². The number of ether oxygens (including phenoxy) is 1. The fourth-order valence-corrected chi connectivity index (χ4v) is 2.40. The van der Waals surface area contributed by atoms with E-state index < -0.39 is 0 Å². The molecule has 1 atom stereocenters. The van der Waals surface area contributed by atoms with Crippen LogP contribution in [0.1, 0.15) is 78.1 Å². The second kappa shape index (κ2) is 9.35. The standard InChI is InChI=1S/C16H31NO2/c1-3-4-5-6-7-8-9-10-11-12-15-17-16(2,13-18)14-19-15/h18H,3-14H2,1-2H3/t16-/m1/s1. The maximum atomic E-state index is 9.19. The Morgan fingerprint density at radius 1 is 1.05 bits per heavy atom. The Morgan fingerprint density at radius 3 is 2.16 bits per heavy atom. The summed E-state index contributed by atoms with van der Waals surface area (Å²) < 4.78 is 5.52. The molecule has 1 N–H and O–H groups in total. The molecule has 112 valence electrons. The summed E-state index contributed by atoms with van der Waals surface area (Å²) in [6.07, 6.45) is 13.0. The fraction of sp³-hybridized carbons (Fsp3) is 0.938. The fourth-order valence-electron chi connectivity index (χ4n) is 2.40. The number of nitrogens with zero attached hydrogens (tertiary/aromatic N) is 1. The quantitative estimate of drug-likeness (QED) is 0.574. The highest BCUT2D eigenvalue weighted by molar-refractivity contribution is 5.78. The molecule has 0 aromatic carbocycles. The van der Waals surface area contributed by atoms with E-state index in [-0.39, 0.29) is 12.1 Å². The minimum Gasteiger partial charge on any atom is -0.478 e. The molecule has 3 heteroatoms. The third kappa shape index (κ3) is 6.95. The number of unbranched alkanes of at least 4 members (excludes halogenated alkanes) is 8. The second-order valence-electron chi connectivity index (χ2n) is 6.03. The molecule has 0 bridgehead atoms. The van der Waals surface area contributed by atoms with Gasteiger partial charge >= 0.3 is 0 Å². The van der Waals surface area contributed by atoms with Gasteiger partial charge in [0, 0.05) is 6.42 Å². The van der Waals surface area contributed by atoms with Crippen LogP contribution in [-0.2, 0) is 4.74 Å². The molecule has 3 nitrogen and oxygen atoms in total. The average Bonchev–Trinajstić information content (AvgIpc) is 2.79. The Labute approximate surface area is 118 Å². The van der Waals surface area contributed by atoms with Crippen LogP contribution in [0.15, 0.2) is 4.99 Å². The van der Waals surface area contributed by atoms with Crippen LogP contribution in [0.3, 0.4) is 0 Å². The molecular formula is C16H31NO2. The predicted molar refractivity (Wildman–Crippen MR) is 80.7 cm³/mol. The van der Waals surface area contributed by atoms with Crippen molar-refractivity contribution in [3.8, 4) is 0 Å². The van der Waals surface area contributed by atoms with Gasteiger partial charge in [0.1, 0.15) is 12.1 Å². The number of aliphatic imine (C=N–C) groups is 1. The molecule has 0 fully saturated rings. The molecular weight excluding hydrogens is 238 g/mol. The average molecular weight is 269 g/mol. The van der Waals surface area contributed by atoms with Crippen LogP contribution in [0.2, 0.25) is 0 Å². The van der Waals surface area contributed by atoms with Gasteiger partial charge in [-0.05, 0) is 13.3 Å². The van der Waals surface area contributed by atoms with E-state index in [4.69, 9.17) is 4.74 Å². The third-order valence-corrected chi connectivity index (χ3v) is 3.78. The molecule has 0 aromatic rings. The van der Waals surface area contributed by atoms with Crippen molar-refractivity contribution in [2.75, 3.05) is 13.2 Å². The number of rotatable bonds is 11. The van der Waals surface area contributed by atoms with E-state index in [9.17, 15) is 5.11 Å². The van der Waals surface area contributed by atoms with Crippen LogP contribution >= 0.6 is 0 Å². The lowest BCUT2D eigenvalue weighted by Gasteiger charge is -2.12. The van der Waals surface area contributed by atoms with Gasteiger partial charge in [0.05, 0.1) is 6.61 Å². The van der Waals surface area contributed by atoms with E-state index in [1.807, 2.05) is 6.92 Å². The van der Waals surface area contributed by atoms with Gasteiger partial charge in [-0.15, -0.1) is 0 Å². The smallest absolute Gasteiger partial charge is 0.184 e. The largest absolute Gasteiger partial charge is 0.478 e. The normalized spacial score (nSPS) is 22.4. The van der Waals surface area contributed by atoms with E-state index in [0.29, 0.717) is 6.61 Å². The number of aliphatic hydroxyl groups excluding tert-OH is 1. The van der Waals surface area contributed by atoms with Crippen molar-refractivity contribution in [2.45, 2.75) is 83.6 Å². The van der Waals surface area contributed by atoms with Crippen molar-refractivity contribution in [1.29, 1.82) is 0 Å². The summed E-state index contributed by atoms with van der Waals surface area (Å²) in [4.78, 5) is 4.45. The van der Waals surface area contributed by atoms with Crippen molar-refractivity contribution < 1.29 is 9.84 Å². The van der Waals surface area contributed by atoms with Crippen LogP contribution in [-0.4, -0.2) is 29.8 Å². The van der Waals surface area contributed by atoms with Crippen LogP contribution in [0.4, 0.5) is 0 Å². The molecule has 0 amide bonds. The van der Waals surface area contributed by atoms with Gasteiger partial charge in [0.15, 0.2) is 5.90 Å². The summed E-state index contributed by atoms with van der Waals surface area (Å²) in [5.41, 5.74) is -0.380. The predicted octanol–water partition coefficient (Wildman–Crippen LogP) is 4.09. The van der Waals surface area contributed by atoms with Crippen molar-refractivity contribution in [3.63, 3.8) is 0 Å². The Kier molecular flexibility index (Phi) is 8.11.